The summed E-state index contributed by atoms with van der Waals surface area (Å²) in [7, 11) is 0. The Labute approximate surface area is 114 Å². The Bertz CT molecular complexity index is 346. The van der Waals surface area contributed by atoms with Crippen molar-refractivity contribution in [3.05, 3.63) is 29.3 Å². The van der Waals surface area contributed by atoms with Crippen LogP contribution in [-0.4, -0.2) is 30.4 Å². The van der Waals surface area contributed by atoms with Crippen LogP contribution in [0.4, 0.5) is 0 Å². The minimum atomic E-state index is -0.511. The van der Waals surface area contributed by atoms with Crippen molar-refractivity contribution in [1.29, 1.82) is 0 Å². The summed E-state index contributed by atoms with van der Waals surface area (Å²) < 4.78 is 5.47. The number of rotatable bonds is 8. The number of aliphatic hydroxyl groups is 1. The van der Waals surface area contributed by atoms with Crippen LogP contribution in [0.15, 0.2) is 24.3 Å². The van der Waals surface area contributed by atoms with Gasteiger partial charge in [0.1, 0.15) is 18.5 Å². The molecule has 1 aromatic carbocycles. The molecule has 0 radical (unpaired) electrons. The fourth-order valence-electron chi connectivity index (χ4n) is 1.68. The van der Waals surface area contributed by atoms with Gasteiger partial charge in [-0.15, -0.1) is 0 Å². The van der Waals surface area contributed by atoms with Gasteiger partial charge in [0.15, 0.2) is 0 Å². The second-order valence-corrected chi connectivity index (χ2v) is 4.96. The van der Waals surface area contributed by atoms with Crippen LogP contribution < -0.4 is 10.1 Å². The summed E-state index contributed by atoms with van der Waals surface area (Å²) in [5.74, 6) is 0.683. The van der Waals surface area contributed by atoms with E-state index in [-0.39, 0.29) is 6.61 Å². The summed E-state index contributed by atoms with van der Waals surface area (Å²) in [6, 6.07) is 7.60. The van der Waals surface area contributed by atoms with E-state index >= 15 is 0 Å². The number of nitrogens with one attached hydrogen (secondary N) is 1. The monoisotopic (exact) mass is 271 g/mol. The van der Waals surface area contributed by atoms with Gasteiger partial charge in [-0.3, -0.25) is 0 Å². The van der Waals surface area contributed by atoms with Crippen molar-refractivity contribution < 1.29 is 9.84 Å². The molecule has 0 fully saturated rings. The standard InChI is InChI=1S/C14H22ClNO2/c1-3-5-11(2)16-9-13(17)10-18-14-7-4-6-12(15)8-14/h4,6-8,11,13,16-17H,3,5,9-10H2,1-2H3. The van der Waals surface area contributed by atoms with E-state index in [0.29, 0.717) is 23.4 Å². The average molecular weight is 272 g/mol. The Morgan fingerprint density at radius 2 is 2.22 bits per heavy atom. The van der Waals surface area contributed by atoms with E-state index in [4.69, 9.17) is 16.3 Å². The zero-order valence-corrected chi connectivity index (χ0v) is 11.8. The highest BCUT2D eigenvalue weighted by molar-refractivity contribution is 6.30. The van der Waals surface area contributed by atoms with Gasteiger partial charge in [-0.1, -0.05) is 31.0 Å². The summed E-state index contributed by atoms with van der Waals surface area (Å²) >= 11 is 5.84. The lowest BCUT2D eigenvalue weighted by Gasteiger charge is -2.17. The lowest BCUT2D eigenvalue weighted by molar-refractivity contribution is 0.104. The second kappa shape index (κ2) is 8.35. The Kier molecular flexibility index (Phi) is 7.09. The fourth-order valence-corrected chi connectivity index (χ4v) is 1.86. The number of hydrogen-bond donors (Lipinski definition) is 2. The molecule has 0 aliphatic heterocycles. The highest BCUT2D eigenvalue weighted by Gasteiger charge is 2.07. The van der Waals surface area contributed by atoms with Gasteiger partial charge < -0.3 is 15.2 Å². The lowest BCUT2D eigenvalue weighted by atomic mass is 10.2. The minimum absolute atomic E-state index is 0.270. The predicted molar refractivity (Wildman–Crippen MR) is 75.3 cm³/mol. The van der Waals surface area contributed by atoms with Crippen molar-refractivity contribution in [2.75, 3.05) is 13.2 Å². The Hall–Kier alpha value is -0.770. The highest BCUT2D eigenvalue weighted by Crippen LogP contribution is 2.17. The predicted octanol–water partition coefficient (Wildman–Crippen LogP) is 2.86. The first-order chi connectivity index (χ1) is 8.61. The number of ether oxygens (including phenoxy) is 1. The Morgan fingerprint density at radius 1 is 1.44 bits per heavy atom. The topological polar surface area (TPSA) is 41.5 Å². The van der Waals surface area contributed by atoms with Crippen molar-refractivity contribution in [1.82, 2.24) is 5.32 Å². The molecule has 2 atom stereocenters. The van der Waals surface area contributed by atoms with E-state index in [2.05, 4.69) is 19.2 Å². The van der Waals surface area contributed by atoms with Gasteiger partial charge in [-0.25, -0.2) is 0 Å². The maximum Gasteiger partial charge on any atom is 0.120 e. The van der Waals surface area contributed by atoms with Gasteiger partial charge in [0.2, 0.25) is 0 Å². The summed E-state index contributed by atoms with van der Waals surface area (Å²) in [4.78, 5) is 0. The molecule has 1 aromatic rings. The van der Waals surface area contributed by atoms with Crippen LogP contribution >= 0.6 is 11.6 Å². The smallest absolute Gasteiger partial charge is 0.120 e. The molecule has 4 heteroatoms. The van der Waals surface area contributed by atoms with Gasteiger partial charge in [-0.05, 0) is 31.5 Å². The zero-order chi connectivity index (χ0) is 13.4. The van der Waals surface area contributed by atoms with Gasteiger partial charge in [0.05, 0.1) is 0 Å². The first kappa shape index (κ1) is 15.3. The number of benzene rings is 1. The maximum atomic E-state index is 9.78. The molecule has 0 saturated heterocycles. The third-order valence-electron chi connectivity index (χ3n) is 2.66. The lowest BCUT2D eigenvalue weighted by Crippen LogP contribution is -2.36. The largest absolute Gasteiger partial charge is 0.491 e. The maximum absolute atomic E-state index is 9.78. The van der Waals surface area contributed by atoms with Gasteiger partial charge in [0.25, 0.3) is 0 Å². The molecule has 0 aliphatic rings. The van der Waals surface area contributed by atoms with E-state index in [0.717, 1.165) is 12.8 Å². The van der Waals surface area contributed by atoms with Gasteiger partial charge >= 0.3 is 0 Å². The SMILES string of the molecule is CCCC(C)NCC(O)COc1cccc(Cl)c1. The van der Waals surface area contributed by atoms with E-state index < -0.39 is 6.10 Å². The van der Waals surface area contributed by atoms with E-state index in [1.54, 1.807) is 12.1 Å². The van der Waals surface area contributed by atoms with E-state index in [1.165, 1.54) is 0 Å². The molecular weight excluding hydrogens is 250 g/mol. The molecule has 2 N–H and O–H groups in total. The van der Waals surface area contributed by atoms with Crippen LogP contribution in [0, 0.1) is 0 Å². The van der Waals surface area contributed by atoms with E-state index in [1.807, 2.05) is 12.1 Å². The van der Waals surface area contributed by atoms with Crippen LogP contribution in [0.2, 0.25) is 5.02 Å². The van der Waals surface area contributed by atoms with Crippen molar-refractivity contribution in [3.8, 4) is 5.75 Å². The molecule has 1 rings (SSSR count). The van der Waals surface area contributed by atoms with Crippen LogP contribution in [0.25, 0.3) is 0 Å². The van der Waals surface area contributed by atoms with Crippen LogP contribution in [0.1, 0.15) is 26.7 Å². The average Bonchev–Trinajstić information content (AvgIpc) is 2.34. The van der Waals surface area contributed by atoms with Crippen LogP contribution in [0.5, 0.6) is 5.75 Å². The van der Waals surface area contributed by atoms with Crippen molar-refractivity contribution in [2.45, 2.75) is 38.8 Å². The molecule has 0 heterocycles. The molecule has 0 spiro atoms. The molecule has 2 unspecified atom stereocenters. The molecule has 3 nitrogen and oxygen atoms in total. The van der Waals surface area contributed by atoms with Crippen molar-refractivity contribution in [2.24, 2.45) is 0 Å². The number of halogens is 1. The molecule has 18 heavy (non-hydrogen) atoms. The van der Waals surface area contributed by atoms with Crippen molar-refractivity contribution >= 4 is 11.6 Å². The molecule has 0 aliphatic carbocycles. The van der Waals surface area contributed by atoms with Gasteiger partial charge in [0, 0.05) is 17.6 Å². The molecule has 0 aromatic heterocycles. The number of aliphatic hydroxyl groups excluding tert-OH is 1. The first-order valence-corrected chi connectivity index (χ1v) is 6.79. The molecule has 102 valence electrons. The third-order valence-corrected chi connectivity index (χ3v) is 2.90. The quantitative estimate of drug-likeness (QED) is 0.764. The summed E-state index contributed by atoms with van der Waals surface area (Å²) in [5.41, 5.74) is 0. The van der Waals surface area contributed by atoms with E-state index in [9.17, 15) is 5.11 Å². The molecule has 0 amide bonds. The fraction of sp³-hybridized carbons (Fsp3) is 0.571. The Balaban J connectivity index is 2.22. The summed E-state index contributed by atoms with van der Waals surface area (Å²) in [6.07, 6.45) is 1.74. The zero-order valence-electron chi connectivity index (χ0n) is 11.0. The van der Waals surface area contributed by atoms with Crippen LogP contribution in [0.3, 0.4) is 0 Å². The number of hydrogen-bond acceptors (Lipinski definition) is 3. The van der Waals surface area contributed by atoms with Crippen LogP contribution in [-0.2, 0) is 0 Å². The minimum Gasteiger partial charge on any atom is -0.491 e. The molecule has 0 saturated carbocycles. The summed E-state index contributed by atoms with van der Waals surface area (Å²) in [6.45, 7) is 5.08. The van der Waals surface area contributed by atoms with Crippen molar-refractivity contribution in [3.63, 3.8) is 0 Å². The second-order valence-electron chi connectivity index (χ2n) is 4.52. The molecule has 0 bridgehead atoms. The normalized spacial score (nSPS) is 14.2. The first-order valence-electron chi connectivity index (χ1n) is 6.41. The Morgan fingerprint density at radius 3 is 2.89 bits per heavy atom. The third kappa shape index (κ3) is 6.24. The summed E-state index contributed by atoms with van der Waals surface area (Å²) in [5, 5.41) is 13.7. The highest BCUT2D eigenvalue weighted by atomic mass is 35.5. The van der Waals surface area contributed by atoms with Gasteiger partial charge in [-0.2, -0.15) is 0 Å². The molecular formula is C14H22ClNO2.